The van der Waals surface area contributed by atoms with Gasteiger partial charge in [0.1, 0.15) is 10.7 Å². The van der Waals surface area contributed by atoms with Crippen LogP contribution in [-0.2, 0) is 9.59 Å². The highest BCUT2D eigenvalue weighted by Gasteiger charge is 2.39. The molecule has 0 radical (unpaired) electrons. The number of hydrogen-bond donors (Lipinski definition) is 2. The molecule has 0 fully saturated rings. The Morgan fingerprint density at radius 3 is 2.30 bits per heavy atom. The van der Waals surface area contributed by atoms with Crippen molar-refractivity contribution in [2.24, 2.45) is 0 Å². The van der Waals surface area contributed by atoms with Gasteiger partial charge in [-0.05, 0) is 67.1 Å². The first-order valence-corrected chi connectivity index (χ1v) is 10.9. The number of anilines is 3. The molecular formula is C24H16Cl3N3O3. The number of amides is 3. The molecule has 0 saturated carbocycles. The van der Waals surface area contributed by atoms with Gasteiger partial charge in [0.25, 0.3) is 17.7 Å². The topological polar surface area (TPSA) is 78.5 Å². The Labute approximate surface area is 204 Å². The molecule has 4 rings (SSSR count). The van der Waals surface area contributed by atoms with Crippen molar-refractivity contribution in [2.45, 2.75) is 6.92 Å². The summed E-state index contributed by atoms with van der Waals surface area (Å²) < 4.78 is 0. The highest BCUT2D eigenvalue weighted by molar-refractivity contribution is 6.53. The average molecular weight is 501 g/mol. The van der Waals surface area contributed by atoms with Crippen molar-refractivity contribution in [3.63, 3.8) is 0 Å². The number of imide groups is 1. The monoisotopic (exact) mass is 499 g/mol. The van der Waals surface area contributed by atoms with Gasteiger partial charge in [0.05, 0.1) is 5.69 Å². The normalized spacial score (nSPS) is 13.5. The third-order valence-electron chi connectivity index (χ3n) is 4.92. The van der Waals surface area contributed by atoms with Crippen LogP contribution >= 0.6 is 34.8 Å². The summed E-state index contributed by atoms with van der Waals surface area (Å²) in [5, 5.41) is 6.39. The maximum absolute atomic E-state index is 12.9. The fraction of sp³-hybridized carbons (Fsp3) is 0.0417. The van der Waals surface area contributed by atoms with Crippen LogP contribution in [0.3, 0.4) is 0 Å². The highest BCUT2D eigenvalue weighted by atomic mass is 35.5. The highest BCUT2D eigenvalue weighted by Crippen LogP contribution is 2.31. The summed E-state index contributed by atoms with van der Waals surface area (Å²) in [6.45, 7) is 1.84. The third kappa shape index (κ3) is 4.73. The van der Waals surface area contributed by atoms with Crippen LogP contribution in [0.25, 0.3) is 0 Å². The molecule has 33 heavy (non-hydrogen) atoms. The van der Waals surface area contributed by atoms with E-state index in [0.717, 1.165) is 10.5 Å². The van der Waals surface area contributed by atoms with Crippen LogP contribution in [0.2, 0.25) is 10.0 Å². The summed E-state index contributed by atoms with van der Waals surface area (Å²) in [4.78, 5) is 39.2. The molecule has 0 atom stereocenters. The molecule has 3 aromatic carbocycles. The minimum Gasteiger partial charge on any atom is -0.350 e. The molecule has 1 heterocycles. The molecule has 0 spiro atoms. The van der Waals surface area contributed by atoms with E-state index in [1.807, 2.05) is 6.92 Å². The SMILES string of the molecule is Cc1cc(Cl)ccc1NC(=O)c1cccc(NC2=C(Cl)C(=O)N(c3cccc(Cl)c3)C2=O)c1. The number of rotatable bonds is 5. The lowest BCUT2D eigenvalue weighted by Gasteiger charge is -2.15. The second-order valence-corrected chi connectivity index (χ2v) is 8.48. The number of aryl methyl sites for hydroxylation is 1. The third-order valence-corrected chi connectivity index (χ3v) is 5.75. The molecule has 166 valence electrons. The van der Waals surface area contributed by atoms with Crippen LogP contribution in [0.5, 0.6) is 0 Å². The Morgan fingerprint density at radius 2 is 1.58 bits per heavy atom. The van der Waals surface area contributed by atoms with E-state index in [1.165, 1.54) is 6.07 Å². The molecule has 6 nitrogen and oxygen atoms in total. The van der Waals surface area contributed by atoms with Crippen molar-refractivity contribution in [2.75, 3.05) is 15.5 Å². The molecule has 9 heteroatoms. The maximum atomic E-state index is 12.9. The van der Waals surface area contributed by atoms with Crippen LogP contribution in [0.4, 0.5) is 17.1 Å². The Bertz CT molecular complexity index is 1340. The number of carbonyl (C=O) groups excluding carboxylic acids is 3. The van der Waals surface area contributed by atoms with Gasteiger partial charge < -0.3 is 10.6 Å². The zero-order chi connectivity index (χ0) is 23.7. The zero-order valence-electron chi connectivity index (χ0n) is 17.2. The van der Waals surface area contributed by atoms with E-state index in [-0.39, 0.29) is 16.6 Å². The first-order chi connectivity index (χ1) is 15.7. The minimum atomic E-state index is -0.668. The molecule has 0 aliphatic carbocycles. The van der Waals surface area contributed by atoms with Gasteiger partial charge in [0.15, 0.2) is 0 Å². The number of benzene rings is 3. The van der Waals surface area contributed by atoms with Crippen LogP contribution in [0, 0.1) is 6.92 Å². The summed E-state index contributed by atoms with van der Waals surface area (Å²) in [7, 11) is 0. The molecule has 3 aromatic rings. The molecule has 2 N–H and O–H groups in total. The predicted molar refractivity (Wildman–Crippen MR) is 131 cm³/mol. The van der Waals surface area contributed by atoms with Gasteiger partial charge in [-0.2, -0.15) is 0 Å². The standard InChI is InChI=1S/C24H16Cl3N3O3/c1-13-10-16(26)8-9-19(13)29-22(31)14-4-2-6-17(11-14)28-21-20(27)23(32)30(24(21)33)18-7-3-5-15(25)12-18/h2-12,28H,1H3,(H,29,31). The predicted octanol–water partition coefficient (Wildman–Crippen LogP) is 5.99. The summed E-state index contributed by atoms with van der Waals surface area (Å²) in [5.41, 5.74) is 2.42. The van der Waals surface area contributed by atoms with E-state index in [9.17, 15) is 14.4 Å². The quantitative estimate of drug-likeness (QED) is 0.422. The van der Waals surface area contributed by atoms with Gasteiger partial charge >= 0.3 is 0 Å². The second kappa shape index (κ2) is 9.27. The number of carbonyl (C=O) groups is 3. The van der Waals surface area contributed by atoms with E-state index >= 15 is 0 Å². The van der Waals surface area contributed by atoms with Gasteiger partial charge in [-0.3, -0.25) is 14.4 Å². The van der Waals surface area contributed by atoms with Crippen LogP contribution in [-0.4, -0.2) is 17.7 Å². The number of hydrogen-bond acceptors (Lipinski definition) is 4. The van der Waals surface area contributed by atoms with Gasteiger partial charge in [-0.25, -0.2) is 4.90 Å². The lowest BCUT2D eigenvalue weighted by Crippen LogP contribution is -2.32. The van der Waals surface area contributed by atoms with Crippen LogP contribution in [0.15, 0.2) is 77.5 Å². The lowest BCUT2D eigenvalue weighted by atomic mass is 10.1. The summed E-state index contributed by atoms with van der Waals surface area (Å²) in [5.74, 6) is -1.64. The zero-order valence-corrected chi connectivity index (χ0v) is 19.4. The van der Waals surface area contributed by atoms with Crippen molar-refractivity contribution in [1.82, 2.24) is 0 Å². The lowest BCUT2D eigenvalue weighted by molar-refractivity contribution is -0.120. The Hall–Kier alpha value is -3.32. The van der Waals surface area contributed by atoms with Gasteiger partial charge in [0, 0.05) is 27.0 Å². The molecular weight excluding hydrogens is 485 g/mol. The smallest absolute Gasteiger partial charge is 0.283 e. The first-order valence-electron chi connectivity index (χ1n) is 9.73. The van der Waals surface area contributed by atoms with Crippen molar-refractivity contribution in [1.29, 1.82) is 0 Å². The summed E-state index contributed by atoms with van der Waals surface area (Å²) in [6, 6.07) is 18.0. The summed E-state index contributed by atoms with van der Waals surface area (Å²) >= 11 is 18.1. The molecule has 0 bridgehead atoms. The van der Waals surface area contributed by atoms with E-state index in [0.29, 0.717) is 32.7 Å². The maximum Gasteiger partial charge on any atom is 0.283 e. The number of halogens is 3. The fourth-order valence-electron chi connectivity index (χ4n) is 3.31. The summed E-state index contributed by atoms with van der Waals surface area (Å²) in [6.07, 6.45) is 0. The van der Waals surface area contributed by atoms with Crippen molar-refractivity contribution in [3.8, 4) is 0 Å². The Kier molecular flexibility index (Phi) is 6.42. The number of nitrogens with one attached hydrogen (secondary N) is 2. The van der Waals surface area contributed by atoms with Crippen LogP contribution in [0.1, 0.15) is 15.9 Å². The van der Waals surface area contributed by atoms with Crippen LogP contribution < -0.4 is 15.5 Å². The van der Waals surface area contributed by atoms with E-state index in [1.54, 1.807) is 60.7 Å². The van der Waals surface area contributed by atoms with E-state index < -0.39 is 11.8 Å². The van der Waals surface area contributed by atoms with Crippen molar-refractivity contribution < 1.29 is 14.4 Å². The van der Waals surface area contributed by atoms with Crippen molar-refractivity contribution in [3.05, 3.63) is 98.6 Å². The van der Waals surface area contributed by atoms with E-state index in [2.05, 4.69) is 10.6 Å². The first kappa shape index (κ1) is 22.9. The molecule has 1 aliphatic heterocycles. The number of nitrogens with zero attached hydrogens (tertiary/aromatic N) is 1. The van der Waals surface area contributed by atoms with Crippen molar-refractivity contribution >= 4 is 69.6 Å². The fourth-order valence-corrected chi connectivity index (χ4v) is 3.93. The Balaban J connectivity index is 1.55. The molecule has 0 saturated heterocycles. The second-order valence-electron chi connectivity index (χ2n) is 7.23. The van der Waals surface area contributed by atoms with Gasteiger partial charge in [-0.1, -0.05) is 46.9 Å². The Morgan fingerprint density at radius 1 is 0.848 bits per heavy atom. The van der Waals surface area contributed by atoms with E-state index in [4.69, 9.17) is 34.8 Å². The molecule has 0 unspecified atom stereocenters. The average Bonchev–Trinajstić information content (AvgIpc) is 2.99. The minimum absolute atomic E-state index is 0.0900. The molecule has 3 amide bonds. The van der Waals surface area contributed by atoms with Gasteiger partial charge in [-0.15, -0.1) is 0 Å². The van der Waals surface area contributed by atoms with Gasteiger partial charge in [0.2, 0.25) is 0 Å². The molecule has 1 aliphatic rings. The molecule has 0 aromatic heterocycles. The largest absolute Gasteiger partial charge is 0.350 e.